The molecule has 1 amide bonds. The van der Waals surface area contributed by atoms with E-state index in [0.717, 1.165) is 30.4 Å². The van der Waals surface area contributed by atoms with Gasteiger partial charge in [0.15, 0.2) is 5.76 Å². The minimum absolute atomic E-state index is 0.0693. The molecule has 3 heterocycles. The molecule has 1 N–H and O–H groups in total. The molecule has 0 saturated carbocycles. The average Bonchev–Trinajstić information content (AvgIpc) is 3.22. The van der Waals surface area contributed by atoms with E-state index in [-0.39, 0.29) is 11.9 Å². The topological polar surface area (TPSA) is 58.6 Å². The molecule has 21 heavy (non-hydrogen) atoms. The number of thioether (sulfide) groups is 1. The number of hydrogen-bond acceptors (Lipinski definition) is 5. The number of amides is 1. The number of carbonyl (C=O) groups excluding carboxylic acids is 1. The van der Waals surface area contributed by atoms with Gasteiger partial charge in [-0.2, -0.15) is 11.8 Å². The number of carbonyl (C=O) groups is 1. The van der Waals surface area contributed by atoms with E-state index in [2.05, 4.69) is 10.2 Å². The molecule has 2 aromatic heterocycles. The summed E-state index contributed by atoms with van der Waals surface area (Å²) < 4.78 is 10.7. The molecule has 5 nitrogen and oxygen atoms in total. The minimum Gasteiger partial charge on any atom is -0.468 e. The lowest BCUT2D eigenvalue weighted by Gasteiger charge is -2.33. The summed E-state index contributed by atoms with van der Waals surface area (Å²) in [6, 6.07) is 7.29. The van der Waals surface area contributed by atoms with Crippen molar-refractivity contribution in [3.05, 3.63) is 48.3 Å². The van der Waals surface area contributed by atoms with E-state index in [1.54, 1.807) is 18.4 Å². The fourth-order valence-electron chi connectivity index (χ4n) is 2.46. The predicted molar refractivity (Wildman–Crippen MR) is 81.4 cm³/mol. The lowest BCUT2D eigenvalue weighted by Crippen LogP contribution is -2.41. The molecule has 0 aromatic carbocycles. The van der Waals surface area contributed by atoms with Crippen LogP contribution in [-0.2, 0) is 0 Å². The Morgan fingerprint density at radius 3 is 2.67 bits per heavy atom. The van der Waals surface area contributed by atoms with Crippen LogP contribution in [0.15, 0.2) is 45.6 Å². The fraction of sp³-hybridized carbons (Fsp3) is 0.400. The third-order valence-electron chi connectivity index (χ3n) is 3.56. The highest BCUT2D eigenvalue weighted by Gasteiger charge is 2.25. The van der Waals surface area contributed by atoms with Crippen LogP contribution in [0.4, 0.5) is 0 Å². The Labute approximate surface area is 127 Å². The van der Waals surface area contributed by atoms with Crippen molar-refractivity contribution < 1.29 is 13.6 Å². The van der Waals surface area contributed by atoms with Gasteiger partial charge < -0.3 is 14.2 Å². The summed E-state index contributed by atoms with van der Waals surface area (Å²) in [6.07, 6.45) is 3.18. The number of rotatable bonds is 5. The molecule has 2 aromatic rings. The molecule has 0 aliphatic carbocycles. The Morgan fingerprint density at radius 2 is 2.00 bits per heavy atom. The van der Waals surface area contributed by atoms with Crippen LogP contribution in [0.5, 0.6) is 0 Å². The molecule has 6 heteroatoms. The molecule has 1 aliphatic rings. The van der Waals surface area contributed by atoms with Gasteiger partial charge in [-0.3, -0.25) is 9.69 Å². The van der Waals surface area contributed by atoms with Crippen LogP contribution in [0.1, 0.15) is 22.4 Å². The van der Waals surface area contributed by atoms with E-state index in [1.165, 1.54) is 6.26 Å². The van der Waals surface area contributed by atoms with E-state index in [9.17, 15) is 4.79 Å². The Balaban J connectivity index is 1.66. The normalized spacial score (nSPS) is 17.5. The number of hydrogen-bond donors (Lipinski definition) is 1. The highest BCUT2D eigenvalue weighted by molar-refractivity contribution is 7.99. The molecular formula is C15H18N2O3S. The van der Waals surface area contributed by atoms with Crippen LogP contribution in [0.3, 0.4) is 0 Å². The molecular weight excluding hydrogens is 288 g/mol. The summed E-state index contributed by atoms with van der Waals surface area (Å²) in [5.74, 6) is 3.26. The molecule has 1 atom stereocenters. The smallest absolute Gasteiger partial charge is 0.287 e. The van der Waals surface area contributed by atoms with Crippen molar-refractivity contribution in [3.63, 3.8) is 0 Å². The zero-order valence-electron chi connectivity index (χ0n) is 11.7. The maximum absolute atomic E-state index is 12.0. The van der Waals surface area contributed by atoms with Crippen molar-refractivity contribution >= 4 is 17.7 Å². The predicted octanol–water partition coefficient (Wildman–Crippen LogP) is 2.39. The fourth-order valence-corrected chi connectivity index (χ4v) is 3.40. The van der Waals surface area contributed by atoms with Crippen molar-refractivity contribution in [2.45, 2.75) is 6.04 Å². The van der Waals surface area contributed by atoms with Crippen LogP contribution in [0.2, 0.25) is 0 Å². The molecule has 112 valence electrons. The van der Waals surface area contributed by atoms with Gasteiger partial charge in [-0.1, -0.05) is 0 Å². The van der Waals surface area contributed by atoms with Gasteiger partial charge in [-0.25, -0.2) is 0 Å². The average molecular weight is 306 g/mol. The Hall–Kier alpha value is -1.66. The van der Waals surface area contributed by atoms with Crippen LogP contribution in [0, 0.1) is 0 Å². The van der Waals surface area contributed by atoms with Gasteiger partial charge in [-0.05, 0) is 24.3 Å². The monoisotopic (exact) mass is 306 g/mol. The first-order valence-corrected chi connectivity index (χ1v) is 8.17. The number of furan rings is 2. The van der Waals surface area contributed by atoms with E-state index in [0.29, 0.717) is 12.3 Å². The first kappa shape index (κ1) is 14.3. The van der Waals surface area contributed by atoms with E-state index in [4.69, 9.17) is 8.83 Å². The first-order chi connectivity index (χ1) is 10.3. The molecule has 0 bridgehead atoms. The molecule has 0 unspecified atom stereocenters. The van der Waals surface area contributed by atoms with Crippen LogP contribution >= 0.6 is 11.8 Å². The van der Waals surface area contributed by atoms with Crippen LogP contribution in [0.25, 0.3) is 0 Å². The highest BCUT2D eigenvalue weighted by atomic mass is 32.2. The quantitative estimate of drug-likeness (QED) is 0.919. The lowest BCUT2D eigenvalue weighted by molar-refractivity contribution is 0.0902. The second-order valence-corrected chi connectivity index (χ2v) is 6.09. The largest absolute Gasteiger partial charge is 0.468 e. The Bertz CT molecular complexity index is 548. The number of nitrogens with one attached hydrogen (secondary N) is 1. The zero-order valence-corrected chi connectivity index (χ0v) is 12.5. The molecule has 1 aliphatic heterocycles. The maximum atomic E-state index is 12.0. The Morgan fingerprint density at radius 1 is 1.24 bits per heavy atom. The van der Waals surface area contributed by atoms with Gasteiger partial charge in [0.25, 0.3) is 5.91 Å². The zero-order chi connectivity index (χ0) is 14.5. The maximum Gasteiger partial charge on any atom is 0.287 e. The SMILES string of the molecule is O=C(NC[C@@H](c1ccco1)N1CCSCC1)c1ccco1. The van der Waals surface area contributed by atoms with E-state index >= 15 is 0 Å². The third-order valence-corrected chi connectivity index (χ3v) is 4.50. The van der Waals surface area contributed by atoms with Gasteiger partial charge in [0.05, 0.1) is 18.6 Å². The van der Waals surface area contributed by atoms with Crippen molar-refractivity contribution in [1.29, 1.82) is 0 Å². The summed E-state index contributed by atoms with van der Waals surface area (Å²) in [6.45, 7) is 2.52. The highest BCUT2D eigenvalue weighted by Crippen LogP contribution is 2.24. The molecule has 0 radical (unpaired) electrons. The molecule has 1 saturated heterocycles. The first-order valence-electron chi connectivity index (χ1n) is 7.01. The molecule has 1 fully saturated rings. The van der Waals surface area contributed by atoms with Gasteiger partial charge in [0.2, 0.25) is 0 Å². The van der Waals surface area contributed by atoms with Crippen LogP contribution < -0.4 is 5.32 Å². The summed E-state index contributed by atoms with van der Waals surface area (Å²) in [4.78, 5) is 14.4. The Kier molecular flexibility index (Phi) is 4.67. The standard InChI is InChI=1S/C15H18N2O3S/c18-15(14-4-2-8-20-14)16-11-12(13-3-1-7-19-13)17-5-9-21-10-6-17/h1-4,7-8,12H,5-6,9-11H2,(H,16,18)/t12-/m0/s1. The summed E-state index contributed by atoms with van der Waals surface area (Å²) >= 11 is 1.96. The summed E-state index contributed by atoms with van der Waals surface area (Å²) in [7, 11) is 0. The van der Waals surface area contributed by atoms with Gasteiger partial charge >= 0.3 is 0 Å². The van der Waals surface area contributed by atoms with Crippen molar-refractivity contribution in [2.75, 3.05) is 31.1 Å². The van der Waals surface area contributed by atoms with E-state index < -0.39 is 0 Å². The second-order valence-electron chi connectivity index (χ2n) is 4.87. The van der Waals surface area contributed by atoms with E-state index in [1.807, 2.05) is 23.9 Å². The summed E-state index contributed by atoms with van der Waals surface area (Å²) in [5, 5.41) is 2.93. The van der Waals surface area contributed by atoms with Crippen molar-refractivity contribution in [3.8, 4) is 0 Å². The minimum atomic E-state index is -0.192. The third kappa shape index (κ3) is 3.51. The van der Waals surface area contributed by atoms with Crippen molar-refractivity contribution in [2.24, 2.45) is 0 Å². The van der Waals surface area contributed by atoms with Gasteiger partial charge in [0, 0.05) is 31.1 Å². The van der Waals surface area contributed by atoms with Gasteiger partial charge in [-0.15, -0.1) is 0 Å². The van der Waals surface area contributed by atoms with Gasteiger partial charge in [0.1, 0.15) is 5.76 Å². The molecule has 0 spiro atoms. The molecule has 3 rings (SSSR count). The number of nitrogens with zero attached hydrogens (tertiary/aromatic N) is 1. The van der Waals surface area contributed by atoms with Crippen LogP contribution in [-0.4, -0.2) is 41.9 Å². The lowest BCUT2D eigenvalue weighted by atomic mass is 10.2. The second kappa shape index (κ2) is 6.87. The summed E-state index contributed by atoms with van der Waals surface area (Å²) in [5.41, 5.74) is 0. The van der Waals surface area contributed by atoms with Crippen molar-refractivity contribution in [1.82, 2.24) is 10.2 Å².